The Labute approximate surface area is 149 Å². The number of phenols is 1. The third-order valence-corrected chi connectivity index (χ3v) is 3.97. The molecular weight excluding hydrogens is 340 g/mol. The van der Waals surface area contributed by atoms with E-state index in [9.17, 15) is 15.0 Å². The van der Waals surface area contributed by atoms with E-state index in [-0.39, 0.29) is 18.1 Å². The lowest BCUT2D eigenvalue weighted by Gasteiger charge is -2.33. The summed E-state index contributed by atoms with van der Waals surface area (Å²) >= 11 is 0. The van der Waals surface area contributed by atoms with E-state index in [2.05, 4.69) is 0 Å². The summed E-state index contributed by atoms with van der Waals surface area (Å²) in [6, 6.07) is 9.77. The van der Waals surface area contributed by atoms with Gasteiger partial charge in [0.1, 0.15) is 0 Å². The van der Waals surface area contributed by atoms with Gasteiger partial charge < -0.3 is 29.5 Å². The van der Waals surface area contributed by atoms with Gasteiger partial charge in [-0.1, -0.05) is 12.1 Å². The van der Waals surface area contributed by atoms with E-state index in [1.807, 2.05) is 0 Å². The molecule has 0 fully saturated rings. The molecule has 0 aromatic heterocycles. The van der Waals surface area contributed by atoms with Gasteiger partial charge in [0, 0.05) is 11.6 Å². The van der Waals surface area contributed by atoms with Crippen LogP contribution in [0.3, 0.4) is 0 Å². The van der Waals surface area contributed by atoms with E-state index in [1.165, 1.54) is 19.3 Å². The van der Waals surface area contributed by atoms with Crippen LogP contribution in [0.5, 0.6) is 23.0 Å². The monoisotopic (exact) mass is 358 g/mol. The van der Waals surface area contributed by atoms with Gasteiger partial charge in [-0.25, -0.2) is 4.79 Å². The minimum atomic E-state index is -1.05. The first-order valence-electron chi connectivity index (χ1n) is 7.88. The molecule has 3 rings (SSSR count). The van der Waals surface area contributed by atoms with Crippen LogP contribution in [0.1, 0.15) is 17.2 Å². The molecule has 1 heterocycles. The number of phenolic OH excluding ortho intramolecular Hbond substituents is 1. The van der Waals surface area contributed by atoms with Crippen molar-refractivity contribution in [3.05, 3.63) is 53.6 Å². The smallest absolute Gasteiger partial charge is 0.328 e. The van der Waals surface area contributed by atoms with E-state index in [4.69, 9.17) is 19.3 Å². The fourth-order valence-electron chi connectivity index (χ4n) is 2.71. The third-order valence-electron chi connectivity index (χ3n) is 3.97. The number of hydrogen-bond acceptors (Lipinski definition) is 6. The highest BCUT2D eigenvalue weighted by atomic mass is 16.6. The van der Waals surface area contributed by atoms with Crippen LogP contribution >= 0.6 is 0 Å². The molecule has 7 heteroatoms. The van der Waals surface area contributed by atoms with Crippen molar-refractivity contribution in [1.29, 1.82) is 0 Å². The number of aromatic hydroxyl groups is 1. The lowest BCUT2D eigenvalue weighted by Crippen LogP contribution is -2.36. The van der Waals surface area contributed by atoms with Gasteiger partial charge >= 0.3 is 5.97 Å². The minimum Gasteiger partial charge on any atom is -0.504 e. The SMILES string of the molecule is COc1cc([C@H]2Oc3cc(/C=C/C(=O)O)ccc3O[C@H]2CO)ccc1O. The number of benzene rings is 2. The van der Waals surface area contributed by atoms with Crippen LogP contribution in [0.4, 0.5) is 0 Å². The van der Waals surface area contributed by atoms with Crippen molar-refractivity contribution in [2.75, 3.05) is 13.7 Å². The summed E-state index contributed by atoms with van der Waals surface area (Å²) in [5.41, 5.74) is 1.30. The van der Waals surface area contributed by atoms with Gasteiger partial charge in [0.2, 0.25) is 0 Å². The highest BCUT2D eigenvalue weighted by Crippen LogP contribution is 2.41. The van der Waals surface area contributed by atoms with Crippen molar-refractivity contribution in [1.82, 2.24) is 0 Å². The first kappa shape index (κ1) is 17.6. The van der Waals surface area contributed by atoms with E-state index < -0.39 is 18.2 Å². The number of fused-ring (bicyclic) bond motifs is 1. The molecule has 26 heavy (non-hydrogen) atoms. The Hall–Kier alpha value is -3.19. The molecule has 0 radical (unpaired) electrons. The molecule has 0 saturated carbocycles. The lowest BCUT2D eigenvalue weighted by molar-refractivity contribution is -0.131. The third kappa shape index (κ3) is 3.57. The number of ether oxygens (including phenoxy) is 3. The molecule has 2 aromatic carbocycles. The van der Waals surface area contributed by atoms with Crippen LogP contribution in [0.2, 0.25) is 0 Å². The Bertz CT molecular complexity index is 844. The second-order valence-electron chi connectivity index (χ2n) is 5.69. The second kappa shape index (κ2) is 7.37. The summed E-state index contributed by atoms with van der Waals surface area (Å²) in [6.45, 7) is -0.270. The number of carbonyl (C=O) groups is 1. The number of rotatable bonds is 5. The first-order chi connectivity index (χ1) is 12.5. The normalized spacial score (nSPS) is 18.7. The van der Waals surface area contributed by atoms with Crippen molar-refractivity contribution in [3.8, 4) is 23.0 Å². The van der Waals surface area contributed by atoms with Crippen molar-refractivity contribution in [2.45, 2.75) is 12.2 Å². The maximum atomic E-state index is 10.7. The Balaban J connectivity index is 1.94. The summed E-state index contributed by atoms with van der Waals surface area (Å²) in [5, 5.41) is 28.2. The molecule has 1 aliphatic heterocycles. The number of methoxy groups -OCH3 is 1. The molecule has 2 aromatic rings. The quantitative estimate of drug-likeness (QED) is 0.705. The average molecular weight is 358 g/mol. The summed E-state index contributed by atoms with van der Waals surface area (Å²) in [4.78, 5) is 10.7. The van der Waals surface area contributed by atoms with Crippen LogP contribution in [0.15, 0.2) is 42.5 Å². The molecule has 7 nitrogen and oxygen atoms in total. The van der Waals surface area contributed by atoms with E-state index in [0.29, 0.717) is 22.6 Å². The summed E-state index contributed by atoms with van der Waals surface area (Å²) < 4.78 is 16.9. The van der Waals surface area contributed by atoms with Crippen LogP contribution in [0.25, 0.3) is 6.08 Å². The number of aliphatic carboxylic acids is 1. The van der Waals surface area contributed by atoms with Gasteiger partial charge in [0.15, 0.2) is 35.2 Å². The Morgan fingerprint density at radius 2 is 2.00 bits per heavy atom. The number of aliphatic hydroxyl groups is 1. The molecule has 0 bridgehead atoms. The molecule has 0 amide bonds. The zero-order chi connectivity index (χ0) is 18.7. The first-order valence-corrected chi connectivity index (χ1v) is 7.88. The van der Waals surface area contributed by atoms with Crippen LogP contribution in [-0.4, -0.2) is 41.1 Å². The summed E-state index contributed by atoms with van der Waals surface area (Å²) in [6.07, 6.45) is 1.21. The fraction of sp³-hybridized carbons (Fsp3) is 0.211. The Morgan fingerprint density at radius 3 is 2.69 bits per heavy atom. The van der Waals surface area contributed by atoms with Crippen molar-refractivity contribution in [3.63, 3.8) is 0 Å². The molecule has 2 atom stereocenters. The Kier molecular flexibility index (Phi) is 4.99. The summed E-state index contributed by atoms with van der Waals surface area (Å²) in [5.74, 6) is 0.119. The summed E-state index contributed by atoms with van der Waals surface area (Å²) in [7, 11) is 1.44. The number of carboxylic acids is 1. The van der Waals surface area contributed by atoms with Gasteiger partial charge in [-0.2, -0.15) is 0 Å². The van der Waals surface area contributed by atoms with Crippen LogP contribution < -0.4 is 14.2 Å². The van der Waals surface area contributed by atoms with Crippen molar-refractivity contribution >= 4 is 12.0 Å². The zero-order valence-electron chi connectivity index (χ0n) is 14.0. The van der Waals surface area contributed by atoms with Crippen molar-refractivity contribution in [2.24, 2.45) is 0 Å². The second-order valence-corrected chi connectivity index (χ2v) is 5.69. The predicted molar refractivity (Wildman–Crippen MR) is 92.6 cm³/mol. The average Bonchev–Trinajstić information content (AvgIpc) is 2.65. The molecule has 0 spiro atoms. The number of aliphatic hydroxyl groups excluding tert-OH is 1. The maximum Gasteiger partial charge on any atom is 0.328 e. The van der Waals surface area contributed by atoms with Crippen molar-refractivity contribution < 1.29 is 34.3 Å². The predicted octanol–water partition coefficient (Wildman–Crippen LogP) is 2.37. The van der Waals surface area contributed by atoms with Gasteiger partial charge in [-0.15, -0.1) is 0 Å². The zero-order valence-corrected chi connectivity index (χ0v) is 14.0. The highest BCUT2D eigenvalue weighted by molar-refractivity contribution is 5.85. The molecule has 0 unspecified atom stereocenters. The molecule has 136 valence electrons. The number of hydrogen-bond donors (Lipinski definition) is 3. The van der Waals surface area contributed by atoms with E-state index >= 15 is 0 Å². The Morgan fingerprint density at radius 1 is 1.19 bits per heavy atom. The van der Waals surface area contributed by atoms with Gasteiger partial charge in [-0.3, -0.25) is 0 Å². The standard InChI is InChI=1S/C19H18O7/c1-24-15-9-12(4-5-13(15)21)19-17(10-20)25-14-6-2-11(3-7-18(22)23)8-16(14)26-19/h2-9,17,19-21H,10H2,1H3,(H,22,23)/b7-3+/t17-,19+/m0/s1. The van der Waals surface area contributed by atoms with Gasteiger partial charge in [0.05, 0.1) is 13.7 Å². The molecular formula is C19H18O7. The molecule has 1 aliphatic rings. The largest absolute Gasteiger partial charge is 0.504 e. The lowest BCUT2D eigenvalue weighted by atomic mass is 10.0. The molecule has 0 saturated heterocycles. The molecule has 3 N–H and O–H groups in total. The maximum absolute atomic E-state index is 10.7. The topological polar surface area (TPSA) is 105 Å². The minimum absolute atomic E-state index is 0.00461. The van der Waals surface area contributed by atoms with Gasteiger partial charge in [0.25, 0.3) is 0 Å². The molecule has 0 aliphatic carbocycles. The van der Waals surface area contributed by atoms with E-state index in [0.717, 1.165) is 6.08 Å². The number of carboxylic acid groups (broad SMARTS) is 1. The van der Waals surface area contributed by atoms with Gasteiger partial charge in [-0.05, 0) is 35.9 Å². The fourth-order valence-corrected chi connectivity index (χ4v) is 2.71. The highest BCUT2D eigenvalue weighted by Gasteiger charge is 2.33. The van der Waals surface area contributed by atoms with Crippen LogP contribution in [0, 0.1) is 0 Å². The van der Waals surface area contributed by atoms with E-state index in [1.54, 1.807) is 30.3 Å². The van der Waals surface area contributed by atoms with Crippen LogP contribution in [-0.2, 0) is 4.79 Å².